The van der Waals surface area contributed by atoms with Crippen molar-refractivity contribution in [1.82, 2.24) is 14.8 Å². The van der Waals surface area contributed by atoms with Gasteiger partial charge in [-0.2, -0.15) is 0 Å². The van der Waals surface area contributed by atoms with Gasteiger partial charge in [0.2, 0.25) is 0 Å². The van der Waals surface area contributed by atoms with Gasteiger partial charge in [-0.25, -0.2) is 14.5 Å². The first kappa shape index (κ1) is 12.1. The molecule has 94 valence electrons. The molecule has 0 bridgehead atoms. The summed E-state index contributed by atoms with van der Waals surface area (Å²) in [5.41, 5.74) is 0. The SMILES string of the molecule is CCC1CCCCC1n1cnc(C(=O)OC)n1. The van der Waals surface area contributed by atoms with Gasteiger partial charge in [0.05, 0.1) is 13.2 Å². The number of carbonyl (C=O) groups excluding carboxylic acids is 1. The summed E-state index contributed by atoms with van der Waals surface area (Å²) in [6.45, 7) is 2.21. The lowest BCUT2D eigenvalue weighted by Crippen LogP contribution is -2.23. The van der Waals surface area contributed by atoms with Gasteiger partial charge >= 0.3 is 5.97 Å². The van der Waals surface area contributed by atoms with Crippen LogP contribution in [0.2, 0.25) is 0 Å². The van der Waals surface area contributed by atoms with Gasteiger partial charge in [-0.05, 0) is 18.8 Å². The molecule has 1 heterocycles. The number of hydrogen-bond acceptors (Lipinski definition) is 4. The van der Waals surface area contributed by atoms with E-state index in [1.165, 1.54) is 26.4 Å². The minimum absolute atomic E-state index is 0.160. The maximum absolute atomic E-state index is 11.3. The van der Waals surface area contributed by atoms with E-state index in [-0.39, 0.29) is 5.82 Å². The Kier molecular flexibility index (Phi) is 3.76. The number of carbonyl (C=O) groups is 1. The molecule has 0 amide bonds. The van der Waals surface area contributed by atoms with Crippen LogP contribution in [0.1, 0.15) is 55.7 Å². The molecule has 5 heteroatoms. The second kappa shape index (κ2) is 5.29. The van der Waals surface area contributed by atoms with Crippen molar-refractivity contribution in [3.05, 3.63) is 12.2 Å². The maximum Gasteiger partial charge on any atom is 0.377 e. The molecule has 1 aliphatic carbocycles. The third-order valence-electron chi connectivity index (χ3n) is 3.61. The zero-order valence-corrected chi connectivity index (χ0v) is 10.4. The summed E-state index contributed by atoms with van der Waals surface area (Å²) < 4.78 is 6.46. The Balaban J connectivity index is 2.15. The monoisotopic (exact) mass is 237 g/mol. The number of methoxy groups -OCH3 is 1. The molecule has 2 rings (SSSR count). The lowest BCUT2D eigenvalue weighted by molar-refractivity contribution is 0.0585. The van der Waals surface area contributed by atoms with E-state index in [1.54, 1.807) is 6.33 Å². The van der Waals surface area contributed by atoms with Crippen LogP contribution in [0.3, 0.4) is 0 Å². The molecule has 0 radical (unpaired) electrons. The van der Waals surface area contributed by atoms with Crippen molar-refractivity contribution in [2.24, 2.45) is 5.92 Å². The van der Waals surface area contributed by atoms with Crippen molar-refractivity contribution in [2.45, 2.75) is 45.1 Å². The van der Waals surface area contributed by atoms with Crippen LogP contribution in [0.15, 0.2) is 6.33 Å². The average Bonchev–Trinajstić information content (AvgIpc) is 2.87. The van der Waals surface area contributed by atoms with Crippen LogP contribution in [-0.2, 0) is 4.74 Å². The molecule has 0 N–H and O–H groups in total. The van der Waals surface area contributed by atoms with Crippen LogP contribution in [-0.4, -0.2) is 27.8 Å². The summed E-state index contributed by atoms with van der Waals surface area (Å²) >= 11 is 0. The largest absolute Gasteiger partial charge is 0.463 e. The van der Waals surface area contributed by atoms with E-state index in [0.717, 1.165) is 12.8 Å². The molecule has 1 saturated carbocycles. The smallest absolute Gasteiger partial charge is 0.377 e. The van der Waals surface area contributed by atoms with Gasteiger partial charge in [-0.3, -0.25) is 0 Å². The molecule has 2 atom stereocenters. The standard InChI is InChI=1S/C12H19N3O2/c1-3-9-6-4-5-7-10(9)15-8-13-11(14-15)12(16)17-2/h8-10H,3-7H2,1-2H3. The van der Waals surface area contributed by atoms with Crippen LogP contribution in [0, 0.1) is 5.92 Å². The fraction of sp³-hybridized carbons (Fsp3) is 0.750. The zero-order valence-electron chi connectivity index (χ0n) is 10.4. The molecular weight excluding hydrogens is 218 g/mol. The van der Waals surface area contributed by atoms with E-state index in [0.29, 0.717) is 12.0 Å². The summed E-state index contributed by atoms with van der Waals surface area (Å²) in [7, 11) is 1.35. The molecule has 0 aliphatic heterocycles. The van der Waals surface area contributed by atoms with Crippen LogP contribution in [0.5, 0.6) is 0 Å². The summed E-state index contributed by atoms with van der Waals surface area (Å²) in [6, 6.07) is 0.389. The molecule has 1 aromatic rings. The van der Waals surface area contributed by atoms with Crippen LogP contribution in [0.25, 0.3) is 0 Å². The van der Waals surface area contributed by atoms with Gasteiger partial charge in [0, 0.05) is 0 Å². The number of ether oxygens (including phenoxy) is 1. The average molecular weight is 237 g/mol. The maximum atomic E-state index is 11.3. The summed E-state index contributed by atoms with van der Waals surface area (Å²) in [6.07, 6.45) is 7.71. The van der Waals surface area contributed by atoms with E-state index in [4.69, 9.17) is 0 Å². The van der Waals surface area contributed by atoms with E-state index < -0.39 is 5.97 Å². The first-order chi connectivity index (χ1) is 8.26. The minimum Gasteiger partial charge on any atom is -0.463 e. The van der Waals surface area contributed by atoms with Crippen LogP contribution in [0.4, 0.5) is 0 Å². The molecule has 1 aliphatic rings. The Hall–Kier alpha value is -1.39. The van der Waals surface area contributed by atoms with Crippen molar-refractivity contribution in [1.29, 1.82) is 0 Å². The van der Waals surface area contributed by atoms with Gasteiger partial charge < -0.3 is 4.74 Å². The predicted octanol–water partition coefficient (Wildman–Crippen LogP) is 2.21. The number of esters is 1. The highest BCUT2D eigenvalue weighted by molar-refractivity contribution is 5.84. The van der Waals surface area contributed by atoms with Crippen molar-refractivity contribution in [2.75, 3.05) is 7.11 Å². The second-order valence-corrected chi connectivity index (χ2v) is 4.56. The normalized spacial score (nSPS) is 24.6. The molecule has 2 unspecified atom stereocenters. The molecular formula is C12H19N3O2. The Morgan fingerprint density at radius 1 is 1.53 bits per heavy atom. The first-order valence-corrected chi connectivity index (χ1v) is 6.25. The zero-order chi connectivity index (χ0) is 12.3. The van der Waals surface area contributed by atoms with E-state index in [9.17, 15) is 4.79 Å². The highest BCUT2D eigenvalue weighted by Gasteiger charge is 2.26. The van der Waals surface area contributed by atoms with E-state index in [2.05, 4.69) is 21.7 Å². The Labute approximate surface area is 101 Å². The summed E-state index contributed by atoms with van der Waals surface area (Å²) in [5, 5.41) is 4.23. The molecule has 0 spiro atoms. The van der Waals surface area contributed by atoms with Gasteiger partial charge in [0.15, 0.2) is 0 Å². The third kappa shape index (κ3) is 2.48. The number of aromatic nitrogens is 3. The molecule has 17 heavy (non-hydrogen) atoms. The third-order valence-corrected chi connectivity index (χ3v) is 3.61. The Bertz CT molecular complexity index is 389. The second-order valence-electron chi connectivity index (χ2n) is 4.56. The highest BCUT2D eigenvalue weighted by Crippen LogP contribution is 2.35. The number of nitrogens with zero attached hydrogens (tertiary/aromatic N) is 3. The first-order valence-electron chi connectivity index (χ1n) is 6.25. The lowest BCUT2D eigenvalue weighted by Gasteiger charge is -2.30. The predicted molar refractivity (Wildman–Crippen MR) is 62.6 cm³/mol. The van der Waals surface area contributed by atoms with E-state index >= 15 is 0 Å². The van der Waals surface area contributed by atoms with Crippen molar-refractivity contribution in [3.63, 3.8) is 0 Å². The topological polar surface area (TPSA) is 57.0 Å². The van der Waals surface area contributed by atoms with Crippen LogP contribution >= 0.6 is 0 Å². The number of hydrogen-bond donors (Lipinski definition) is 0. The minimum atomic E-state index is -0.465. The summed E-state index contributed by atoms with van der Waals surface area (Å²) in [4.78, 5) is 15.3. The van der Waals surface area contributed by atoms with Crippen molar-refractivity contribution < 1.29 is 9.53 Å². The molecule has 1 fully saturated rings. The van der Waals surface area contributed by atoms with Crippen LogP contribution < -0.4 is 0 Å². The Morgan fingerprint density at radius 2 is 2.29 bits per heavy atom. The Morgan fingerprint density at radius 3 is 3.00 bits per heavy atom. The summed E-state index contributed by atoms with van der Waals surface area (Å²) in [5.74, 6) is 0.344. The molecule has 5 nitrogen and oxygen atoms in total. The molecule has 0 aromatic carbocycles. The highest BCUT2D eigenvalue weighted by atomic mass is 16.5. The fourth-order valence-electron chi connectivity index (χ4n) is 2.63. The lowest BCUT2D eigenvalue weighted by atomic mass is 9.83. The van der Waals surface area contributed by atoms with E-state index in [1.807, 2.05) is 4.68 Å². The number of rotatable bonds is 3. The molecule has 1 aromatic heterocycles. The van der Waals surface area contributed by atoms with Gasteiger partial charge in [-0.15, -0.1) is 5.10 Å². The van der Waals surface area contributed by atoms with Gasteiger partial charge in [0.25, 0.3) is 5.82 Å². The fourth-order valence-corrected chi connectivity index (χ4v) is 2.63. The molecule has 0 saturated heterocycles. The van der Waals surface area contributed by atoms with Gasteiger partial charge in [0.1, 0.15) is 6.33 Å². The van der Waals surface area contributed by atoms with Crippen molar-refractivity contribution in [3.8, 4) is 0 Å². The van der Waals surface area contributed by atoms with Crippen molar-refractivity contribution >= 4 is 5.97 Å². The van der Waals surface area contributed by atoms with Gasteiger partial charge in [-0.1, -0.05) is 26.2 Å². The quantitative estimate of drug-likeness (QED) is 0.756.